The molecule has 0 saturated heterocycles. The van der Waals surface area contributed by atoms with Crippen LogP contribution in [-0.4, -0.2) is 11.1 Å². The molecule has 3 heteroatoms. The Kier molecular flexibility index (Phi) is 2.55. The number of thiophene rings is 1. The number of carboxylic acids is 1. The molecule has 14 heavy (non-hydrogen) atoms. The zero-order valence-corrected chi connectivity index (χ0v) is 8.49. The predicted molar refractivity (Wildman–Crippen MR) is 55.5 cm³/mol. The van der Waals surface area contributed by atoms with Crippen molar-refractivity contribution in [2.45, 2.75) is 25.7 Å². The quantitative estimate of drug-likeness (QED) is 0.660. The summed E-state index contributed by atoms with van der Waals surface area (Å²) in [5, 5.41) is 8.41. The second kappa shape index (κ2) is 3.85. The predicted octanol–water partition coefficient (Wildman–Crippen LogP) is 2.06. The Labute approximate surface area is 86.6 Å². The standard InChI is InChI=1S/C11H10O2S/c12-11(13)6-5-9-7-8-3-1-2-4-10(8)14-9/h7H,1-4H2,(H,12,13). The SMILES string of the molecule is O=C(O)C#Cc1cc2c(s1)CCCC2. The number of hydrogen-bond donors (Lipinski definition) is 1. The maximum Gasteiger partial charge on any atom is 0.382 e. The zero-order chi connectivity index (χ0) is 9.97. The minimum atomic E-state index is -1.06. The van der Waals surface area contributed by atoms with Gasteiger partial charge in [-0.05, 0) is 43.2 Å². The molecule has 0 spiro atoms. The molecular weight excluding hydrogens is 196 g/mol. The van der Waals surface area contributed by atoms with E-state index in [9.17, 15) is 4.79 Å². The van der Waals surface area contributed by atoms with Crippen LogP contribution in [0.1, 0.15) is 28.2 Å². The molecule has 0 radical (unpaired) electrons. The molecule has 1 aromatic heterocycles. The van der Waals surface area contributed by atoms with Crippen LogP contribution in [0.3, 0.4) is 0 Å². The first kappa shape index (κ1) is 9.29. The van der Waals surface area contributed by atoms with Gasteiger partial charge in [0.2, 0.25) is 0 Å². The third-order valence-electron chi connectivity index (χ3n) is 2.29. The van der Waals surface area contributed by atoms with E-state index in [-0.39, 0.29) is 0 Å². The molecule has 1 N–H and O–H groups in total. The highest BCUT2D eigenvalue weighted by Gasteiger charge is 2.12. The molecule has 0 saturated carbocycles. The number of aryl methyl sites for hydroxylation is 2. The van der Waals surface area contributed by atoms with E-state index >= 15 is 0 Å². The molecule has 0 unspecified atom stereocenters. The molecule has 0 fully saturated rings. The number of carboxylic acid groups (broad SMARTS) is 1. The van der Waals surface area contributed by atoms with Gasteiger partial charge in [0.1, 0.15) is 0 Å². The highest BCUT2D eigenvalue weighted by molar-refractivity contribution is 7.12. The smallest absolute Gasteiger partial charge is 0.382 e. The van der Waals surface area contributed by atoms with Crippen LogP contribution in [0.2, 0.25) is 0 Å². The van der Waals surface area contributed by atoms with Gasteiger partial charge >= 0.3 is 5.97 Å². The lowest BCUT2D eigenvalue weighted by atomic mass is 9.99. The third-order valence-corrected chi connectivity index (χ3v) is 3.44. The fourth-order valence-corrected chi connectivity index (χ4v) is 2.77. The van der Waals surface area contributed by atoms with Crippen molar-refractivity contribution < 1.29 is 9.90 Å². The van der Waals surface area contributed by atoms with Crippen LogP contribution in [0.15, 0.2) is 6.07 Å². The Morgan fingerprint density at radius 3 is 2.93 bits per heavy atom. The summed E-state index contributed by atoms with van der Waals surface area (Å²) < 4.78 is 0. The van der Waals surface area contributed by atoms with E-state index in [0.717, 1.165) is 17.7 Å². The van der Waals surface area contributed by atoms with E-state index in [2.05, 4.69) is 11.8 Å². The second-order valence-electron chi connectivity index (χ2n) is 3.32. The van der Waals surface area contributed by atoms with Crippen LogP contribution >= 0.6 is 11.3 Å². The molecule has 1 aromatic rings. The molecule has 1 heterocycles. The molecule has 72 valence electrons. The molecule has 0 atom stereocenters. The normalized spacial score (nSPS) is 14.0. The minimum absolute atomic E-state index is 0.888. The fraction of sp³-hybridized carbons (Fsp3) is 0.364. The summed E-state index contributed by atoms with van der Waals surface area (Å²) in [6, 6.07) is 2.04. The van der Waals surface area contributed by atoms with Gasteiger partial charge in [-0.2, -0.15) is 0 Å². The van der Waals surface area contributed by atoms with Gasteiger partial charge in [-0.25, -0.2) is 4.79 Å². The maximum atomic E-state index is 10.2. The van der Waals surface area contributed by atoms with E-state index in [1.54, 1.807) is 11.3 Å². The van der Waals surface area contributed by atoms with Crippen molar-refractivity contribution in [3.8, 4) is 11.8 Å². The molecule has 2 nitrogen and oxygen atoms in total. The van der Waals surface area contributed by atoms with Crippen LogP contribution < -0.4 is 0 Å². The summed E-state index contributed by atoms with van der Waals surface area (Å²) in [7, 11) is 0. The van der Waals surface area contributed by atoms with Gasteiger partial charge in [-0.3, -0.25) is 0 Å². The lowest BCUT2D eigenvalue weighted by Crippen LogP contribution is -1.96. The molecule has 0 amide bonds. The van der Waals surface area contributed by atoms with Gasteiger partial charge in [-0.15, -0.1) is 11.3 Å². The first-order valence-electron chi connectivity index (χ1n) is 4.62. The maximum absolute atomic E-state index is 10.2. The molecule has 1 aliphatic rings. The van der Waals surface area contributed by atoms with Crippen LogP contribution in [0, 0.1) is 11.8 Å². The van der Waals surface area contributed by atoms with E-state index in [0.29, 0.717) is 0 Å². The fourth-order valence-electron chi connectivity index (χ4n) is 1.67. The van der Waals surface area contributed by atoms with Gasteiger partial charge in [0.05, 0.1) is 4.88 Å². The minimum Gasteiger partial charge on any atom is -0.472 e. The first-order valence-corrected chi connectivity index (χ1v) is 5.44. The van der Waals surface area contributed by atoms with Crippen molar-refractivity contribution in [1.29, 1.82) is 0 Å². The molecule has 0 bridgehead atoms. The monoisotopic (exact) mass is 206 g/mol. The average Bonchev–Trinajstić information content (AvgIpc) is 2.57. The molecular formula is C11H10O2S. The summed E-state index contributed by atoms with van der Waals surface area (Å²) in [6.07, 6.45) is 4.75. The molecule has 0 aromatic carbocycles. The average molecular weight is 206 g/mol. The number of fused-ring (bicyclic) bond motifs is 1. The van der Waals surface area contributed by atoms with Gasteiger partial charge in [0, 0.05) is 10.8 Å². The highest BCUT2D eigenvalue weighted by Crippen LogP contribution is 2.28. The number of carbonyl (C=O) groups is 1. The largest absolute Gasteiger partial charge is 0.472 e. The molecule has 0 aliphatic heterocycles. The van der Waals surface area contributed by atoms with E-state index in [4.69, 9.17) is 5.11 Å². The highest BCUT2D eigenvalue weighted by atomic mass is 32.1. The van der Waals surface area contributed by atoms with Crippen molar-refractivity contribution in [2.24, 2.45) is 0 Å². The van der Waals surface area contributed by atoms with Crippen molar-refractivity contribution in [3.63, 3.8) is 0 Å². The van der Waals surface area contributed by atoms with Crippen molar-refractivity contribution in [3.05, 3.63) is 21.4 Å². The lowest BCUT2D eigenvalue weighted by molar-refractivity contribution is -0.130. The van der Waals surface area contributed by atoms with Crippen molar-refractivity contribution in [1.82, 2.24) is 0 Å². The Balaban J connectivity index is 2.25. The number of hydrogen-bond acceptors (Lipinski definition) is 2. The van der Waals surface area contributed by atoms with Gasteiger partial charge in [0.15, 0.2) is 0 Å². The van der Waals surface area contributed by atoms with Crippen LogP contribution in [0.5, 0.6) is 0 Å². The van der Waals surface area contributed by atoms with Crippen molar-refractivity contribution >= 4 is 17.3 Å². The van der Waals surface area contributed by atoms with E-state index in [1.807, 2.05) is 6.07 Å². The summed E-state index contributed by atoms with van der Waals surface area (Å²) in [4.78, 5) is 12.5. The summed E-state index contributed by atoms with van der Waals surface area (Å²) in [5.41, 5.74) is 1.37. The zero-order valence-electron chi connectivity index (χ0n) is 7.67. The van der Waals surface area contributed by atoms with Crippen LogP contribution in [0.25, 0.3) is 0 Å². The first-order chi connectivity index (χ1) is 6.75. The van der Waals surface area contributed by atoms with Gasteiger partial charge < -0.3 is 5.11 Å². The van der Waals surface area contributed by atoms with E-state index in [1.165, 1.54) is 23.3 Å². The number of aliphatic carboxylic acids is 1. The second-order valence-corrected chi connectivity index (χ2v) is 4.46. The van der Waals surface area contributed by atoms with Gasteiger partial charge in [-0.1, -0.05) is 0 Å². The molecule has 2 rings (SSSR count). The summed E-state index contributed by atoms with van der Waals surface area (Å²) in [5.74, 6) is 3.76. The third kappa shape index (κ3) is 1.97. The summed E-state index contributed by atoms with van der Waals surface area (Å²) in [6.45, 7) is 0. The lowest BCUT2D eigenvalue weighted by Gasteiger charge is -2.08. The van der Waals surface area contributed by atoms with Crippen molar-refractivity contribution in [2.75, 3.05) is 0 Å². The summed E-state index contributed by atoms with van der Waals surface area (Å²) >= 11 is 1.64. The van der Waals surface area contributed by atoms with Crippen LogP contribution in [0.4, 0.5) is 0 Å². The van der Waals surface area contributed by atoms with Crippen LogP contribution in [-0.2, 0) is 17.6 Å². The Hall–Kier alpha value is -1.27. The topological polar surface area (TPSA) is 37.3 Å². The Morgan fingerprint density at radius 2 is 2.21 bits per heavy atom. The number of rotatable bonds is 0. The van der Waals surface area contributed by atoms with E-state index < -0.39 is 5.97 Å². The molecule has 1 aliphatic carbocycles. The Bertz CT molecular complexity index is 397. The van der Waals surface area contributed by atoms with Gasteiger partial charge in [0.25, 0.3) is 0 Å². The Morgan fingerprint density at radius 1 is 1.43 bits per heavy atom.